The van der Waals surface area contributed by atoms with Gasteiger partial charge in [-0.1, -0.05) is 58.4 Å². The van der Waals surface area contributed by atoms with Crippen LogP contribution in [0.3, 0.4) is 0 Å². The summed E-state index contributed by atoms with van der Waals surface area (Å²) < 4.78 is 77.9. The molecular weight excluding hydrogens is 462 g/mol. The highest BCUT2D eigenvalue weighted by Gasteiger charge is 2.38. The number of hydrogen-bond donors (Lipinski definition) is 1. The summed E-state index contributed by atoms with van der Waals surface area (Å²) in [5.41, 5.74) is -3.34. The van der Waals surface area contributed by atoms with E-state index in [1.165, 1.54) is 0 Å². The molecule has 1 nitrogen and oxygen atoms in total. The molecule has 29 heavy (non-hydrogen) atoms. The maximum absolute atomic E-state index is 12.9. The van der Waals surface area contributed by atoms with E-state index < -0.39 is 29.1 Å². The van der Waals surface area contributed by atoms with Gasteiger partial charge in [0, 0.05) is 10.0 Å². The smallest absolute Gasteiger partial charge is 0.376 e. The molecule has 0 amide bonds. The first-order chi connectivity index (χ1) is 13.4. The first-order valence-corrected chi connectivity index (χ1v) is 9.06. The van der Waals surface area contributed by atoms with E-state index in [4.69, 9.17) is 0 Å². The lowest BCUT2D eigenvalue weighted by Gasteiger charge is -2.31. The van der Waals surface area contributed by atoms with Crippen LogP contribution in [0, 0.1) is 0 Å². The fourth-order valence-corrected chi connectivity index (χ4v) is 3.60. The normalized spacial score (nSPS) is 12.8. The van der Waals surface area contributed by atoms with Gasteiger partial charge >= 0.3 is 12.4 Å². The molecule has 3 aromatic carbocycles. The van der Waals surface area contributed by atoms with Crippen LogP contribution in [0.2, 0.25) is 0 Å². The predicted molar refractivity (Wildman–Crippen MR) is 99.1 cm³/mol. The Morgan fingerprint density at radius 3 is 1.24 bits per heavy atom. The molecule has 1 N–H and O–H groups in total. The summed E-state index contributed by atoms with van der Waals surface area (Å²) in [6, 6.07) is 14.2. The minimum atomic E-state index is -4.56. The largest absolute Gasteiger partial charge is 0.416 e. The van der Waals surface area contributed by atoms with Crippen molar-refractivity contribution in [3.63, 3.8) is 0 Å². The summed E-state index contributed by atoms with van der Waals surface area (Å²) in [6.07, 6.45) is -9.11. The quantitative estimate of drug-likeness (QED) is 0.328. The molecule has 0 aliphatic heterocycles. The molecule has 0 aromatic heterocycles. The van der Waals surface area contributed by atoms with Gasteiger partial charge < -0.3 is 5.11 Å². The summed E-state index contributed by atoms with van der Waals surface area (Å²) in [4.78, 5) is 0. The standard InChI is InChI=1S/C21H13BrF6O/c22-18-4-2-1-3-17(18)19(29,13-5-9-15(10-6-13)20(23,24)25)14-7-11-16(12-8-14)21(26,27)28/h1-12,29H. The highest BCUT2D eigenvalue weighted by atomic mass is 79.9. The first kappa shape index (κ1) is 21.4. The average Bonchev–Trinajstić information content (AvgIpc) is 2.67. The molecule has 152 valence electrons. The van der Waals surface area contributed by atoms with E-state index in [-0.39, 0.29) is 16.7 Å². The Morgan fingerprint density at radius 1 is 0.552 bits per heavy atom. The van der Waals surface area contributed by atoms with Crippen molar-refractivity contribution in [2.75, 3.05) is 0 Å². The second-order valence-electron chi connectivity index (χ2n) is 6.34. The van der Waals surface area contributed by atoms with Crippen molar-refractivity contribution in [3.8, 4) is 0 Å². The van der Waals surface area contributed by atoms with Gasteiger partial charge in [-0.2, -0.15) is 26.3 Å². The Hall–Kier alpha value is -2.32. The molecule has 0 bridgehead atoms. The third-order valence-electron chi connectivity index (χ3n) is 4.52. The summed E-state index contributed by atoms with van der Waals surface area (Å²) in [6.45, 7) is 0. The van der Waals surface area contributed by atoms with Crippen LogP contribution in [0.15, 0.2) is 77.3 Å². The first-order valence-electron chi connectivity index (χ1n) is 8.27. The molecule has 0 aliphatic rings. The SMILES string of the molecule is OC(c1ccc(C(F)(F)F)cc1)(c1ccc(C(F)(F)F)cc1)c1ccccc1Br. The predicted octanol–water partition coefficient (Wildman–Crippen LogP) is 6.77. The average molecular weight is 475 g/mol. The van der Waals surface area contributed by atoms with Crippen LogP contribution in [-0.4, -0.2) is 5.11 Å². The van der Waals surface area contributed by atoms with Crippen LogP contribution < -0.4 is 0 Å². The second kappa shape index (κ2) is 7.50. The highest BCUT2D eigenvalue weighted by molar-refractivity contribution is 9.10. The molecule has 3 aromatic rings. The van der Waals surface area contributed by atoms with Gasteiger partial charge in [0.05, 0.1) is 11.1 Å². The molecule has 0 fully saturated rings. The summed E-state index contributed by atoms with van der Waals surface area (Å²) in [5.74, 6) is 0. The molecule has 0 aliphatic carbocycles. The Bertz CT molecular complexity index is 934. The number of benzene rings is 3. The Balaban J connectivity index is 2.19. The Morgan fingerprint density at radius 2 is 0.897 bits per heavy atom. The molecule has 0 spiro atoms. The van der Waals surface area contributed by atoms with Crippen LogP contribution in [-0.2, 0) is 18.0 Å². The molecular formula is C21H13BrF6O. The van der Waals surface area contributed by atoms with Crippen molar-refractivity contribution in [2.24, 2.45) is 0 Å². The Labute approximate surface area is 170 Å². The van der Waals surface area contributed by atoms with Gasteiger partial charge in [0.25, 0.3) is 0 Å². The van der Waals surface area contributed by atoms with Crippen molar-refractivity contribution in [1.29, 1.82) is 0 Å². The maximum atomic E-state index is 12.9. The Kier molecular flexibility index (Phi) is 5.53. The lowest BCUT2D eigenvalue weighted by atomic mass is 9.80. The third-order valence-corrected chi connectivity index (χ3v) is 5.22. The second-order valence-corrected chi connectivity index (χ2v) is 7.19. The number of hydrogen-bond acceptors (Lipinski definition) is 1. The van der Waals surface area contributed by atoms with Crippen molar-refractivity contribution >= 4 is 15.9 Å². The van der Waals surface area contributed by atoms with E-state index >= 15 is 0 Å². The molecule has 0 atom stereocenters. The van der Waals surface area contributed by atoms with Gasteiger partial charge in [-0.3, -0.25) is 0 Å². The monoisotopic (exact) mass is 474 g/mol. The zero-order chi connectivity index (χ0) is 21.4. The minimum Gasteiger partial charge on any atom is -0.376 e. The molecule has 0 unspecified atom stereocenters. The summed E-state index contributed by atoms with van der Waals surface area (Å²) >= 11 is 3.30. The van der Waals surface area contributed by atoms with Gasteiger partial charge in [0.2, 0.25) is 0 Å². The fraction of sp³-hybridized carbons (Fsp3) is 0.143. The van der Waals surface area contributed by atoms with Crippen LogP contribution in [0.25, 0.3) is 0 Å². The van der Waals surface area contributed by atoms with Crippen LogP contribution in [0.1, 0.15) is 27.8 Å². The van der Waals surface area contributed by atoms with Gasteiger partial charge in [-0.05, 0) is 41.5 Å². The van der Waals surface area contributed by atoms with E-state index in [1.807, 2.05) is 0 Å². The van der Waals surface area contributed by atoms with Crippen LogP contribution in [0.4, 0.5) is 26.3 Å². The summed E-state index contributed by atoms with van der Waals surface area (Å²) in [5, 5.41) is 11.6. The van der Waals surface area contributed by atoms with E-state index in [9.17, 15) is 31.4 Å². The molecule has 0 saturated carbocycles. The van der Waals surface area contributed by atoms with E-state index in [0.717, 1.165) is 48.5 Å². The zero-order valence-electron chi connectivity index (χ0n) is 14.5. The number of halogens is 7. The molecule has 0 radical (unpaired) electrons. The lowest BCUT2D eigenvalue weighted by molar-refractivity contribution is -0.138. The van der Waals surface area contributed by atoms with E-state index in [0.29, 0.717) is 4.47 Å². The van der Waals surface area contributed by atoms with Crippen LogP contribution >= 0.6 is 15.9 Å². The van der Waals surface area contributed by atoms with Gasteiger partial charge in [0.1, 0.15) is 5.60 Å². The van der Waals surface area contributed by atoms with Crippen LogP contribution in [0.5, 0.6) is 0 Å². The van der Waals surface area contributed by atoms with Crippen molar-refractivity contribution in [3.05, 3.63) is 105 Å². The highest BCUT2D eigenvalue weighted by Crippen LogP contribution is 2.42. The van der Waals surface area contributed by atoms with Gasteiger partial charge in [-0.15, -0.1) is 0 Å². The van der Waals surface area contributed by atoms with Gasteiger partial charge in [0.15, 0.2) is 0 Å². The number of aliphatic hydroxyl groups is 1. The van der Waals surface area contributed by atoms with Crippen molar-refractivity contribution in [2.45, 2.75) is 18.0 Å². The molecule has 0 heterocycles. The summed E-state index contributed by atoms with van der Waals surface area (Å²) in [7, 11) is 0. The van der Waals surface area contributed by atoms with E-state index in [2.05, 4.69) is 15.9 Å². The lowest BCUT2D eigenvalue weighted by Crippen LogP contribution is -2.29. The van der Waals surface area contributed by atoms with Gasteiger partial charge in [-0.25, -0.2) is 0 Å². The zero-order valence-corrected chi connectivity index (χ0v) is 16.1. The van der Waals surface area contributed by atoms with E-state index in [1.54, 1.807) is 24.3 Å². The molecule has 8 heteroatoms. The minimum absolute atomic E-state index is 0.0807. The molecule has 0 saturated heterocycles. The topological polar surface area (TPSA) is 20.2 Å². The molecule has 3 rings (SSSR count). The fourth-order valence-electron chi connectivity index (χ4n) is 3.03. The van der Waals surface area contributed by atoms with Crippen molar-refractivity contribution < 1.29 is 31.4 Å². The number of alkyl halides is 6. The van der Waals surface area contributed by atoms with Crippen molar-refractivity contribution in [1.82, 2.24) is 0 Å². The number of rotatable bonds is 3. The maximum Gasteiger partial charge on any atom is 0.416 e. The third kappa shape index (κ3) is 4.18.